The number of ether oxygens (including phenoxy) is 2. The molecular formula is C19H18F3N3O4. The van der Waals surface area contributed by atoms with Crippen molar-refractivity contribution < 1.29 is 32.2 Å². The summed E-state index contributed by atoms with van der Waals surface area (Å²) in [4.78, 5) is 26.0. The topological polar surface area (TPSA) is 79.9 Å². The molecule has 0 unspecified atom stereocenters. The van der Waals surface area contributed by atoms with E-state index in [1.54, 1.807) is 29.2 Å². The number of urea groups is 1. The number of hydrogen-bond donors (Lipinski definition) is 2. The Morgan fingerprint density at radius 1 is 1.14 bits per heavy atom. The molecule has 1 heterocycles. The van der Waals surface area contributed by atoms with Gasteiger partial charge in [0, 0.05) is 30.4 Å². The SMILES string of the molecule is COc1cccc(N2C[C@H](NC(=O)Nc3ccc(OC(F)(F)F)cc3)CC2=O)c1. The van der Waals surface area contributed by atoms with Crippen molar-refractivity contribution in [1.82, 2.24) is 5.32 Å². The van der Waals surface area contributed by atoms with Crippen molar-refractivity contribution in [3.05, 3.63) is 48.5 Å². The van der Waals surface area contributed by atoms with E-state index in [-0.39, 0.29) is 24.6 Å². The summed E-state index contributed by atoms with van der Waals surface area (Å²) >= 11 is 0. The number of nitrogens with zero attached hydrogens (tertiary/aromatic N) is 1. The van der Waals surface area contributed by atoms with Gasteiger partial charge < -0.3 is 25.0 Å². The summed E-state index contributed by atoms with van der Waals surface area (Å²) in [5, 5.41) is 5.19. The number of carbonyl (C=O) groups excluding carboxylic acids is 2. The Balaban J connectivity index is 1.55. The average molecular weight is 409 g/mol. The summed E-state index contributed by atoms with van der Waals surface area (Å²) in [6.45, 7) is 0.289. The predicted octanol–water partition coefficient (Wildman–Crippen LogP) is 3.52. The quantitative estimate of drug-likeness (QED) is 0.792. The monoisotopic (exact) mass is 409 g/mol. The standard InChI is InChI=1S/C19H18F3N3O4/c1-28-16-4-2-3-14(10-16)25-11-13(9-17(25)26)24-18(27)23-12-5-7-15(8-6-12)29-19(20,21)22/h2-8,10,13H,9,11H2,1H3,(H2,23,24,27)/t13-/m1/s1. The normalized spacial score (nSPS) is 16.5. The van der Waals surface area contributed by atoms with Gasteiger partial charge in [-0.15, -0.1) is 13.2 Å². The average Bonchev–Trinajstić information content (AvgIpc) is 3.02. The highest BCUT2D eigenvalue weighted by atomic mass is 19.4. The van der Waals surface area contributed by atoms with Gasteiger partial charge in [0.1, 0.15) is 11.5 Å². The highest BCUT2D eigenvalue weighted by Gasteiger charge is 2.32. The fourth-order valence-corrected chi connectivity index (χ4v) is 2.92. The van der Waals surface area contributed by atoms with Crippen molar-refractivity contribution >= 4 is 23.3 Å². The zero-order valence-corrected chi connectivity index (χ0v) is 15.3. The second-order valence-electron chi connectivity index (χ2n) is 6.28. The lowest BCUT2D eigenvalue weighted by Gasteiger charge is -2.18. The van der Waals surface area contributed by atoms with Gasteiger partial charge in [0.2, 0.25) is 5.91 Å². The van der Waals surface area contributed by atoms with Gasteiger partial charge in [-0.2, -0.15) is 0 Å². The maximum atomic E-state index is 12.3. The summed E-state index contributed by atoms with van der Waals surface area (Å²) in [6.07, 6.45) is -4.65. The predicted molar refractivity (Wildman–Crippen MR) is 99.0 cm³/mol. The Morgan fingerprint density at radius 2 is 1.86 bits per heavy atom. The third kappa shape index (κ3) is 5.53. The minimum absolute atomic E-state index is 0.128. The van der Waals surface area contributed by atoms with Crippen LogP contribution in [0.5, 0.6) is 11.5 Å². The van der Waals surface area contributed by atoms with Crippen LogP contribution in [0.2, 0.25) is 0 Å². The first kappa shape index (κ1) is 20.3. The number of nitrogens with one attached hydrogen (secondary N) is 2. The van der Waals surface area contributed by atoms with Crippen LogP contribution in [0.1, 0.15) is 6.42 Å². The number of rotatable bonds is 5. The molecule has 154 valence electrons. The van der Waals surface area contributed by atoms with Crippen LogP contribution in [0.4, 0.5) is 29.3 Å². The van der Waals surface area contributed by atoms with Crippen molar-refractivity contribution in [3.8, 4) is 11.5 Å². The summed E-state index contributed by atoms with van der Waals surface area (Å²) in [5.41, 5.74) is 0.949. The molecule has 1 aliphatic rings. The van der Waals surface area contributed by atoms with Gasteiger partial charge in [0.05, 0.1) is 13.2 Å². The second kappa shape index (κ2) is 8.29. The van der Waals surface area contributed by atoms with E-state index in [0.717, 1.165) is 12.1 Å². The molecule has 1 atom stereocenters. The Kier molecular flexibility index (Phi) is 5.81. The van der Waals surface area contributed by atoms with E-state index in [1.165, 1.54) is 19.2 Å². The lowest BCUT2D eigenvalue weighted by atomic mass is 10.2. The van der Waals surface area contributed by atoms with Crippen LogP contribution in [0.25, 0.3) is 0 Å². The maximum absolute atomic E-state index is 12.3. The lowest BCUT2D eigenvalue weighted by molar-refractivity contribution is -0.274. The fourth-order valence-electron chi connectivity index (χ4n) is 2.92. The molecule has 0 bridgehead atoms. The molecule has 0 saturated carbocycles. The van der Waals surface area contributed by atoms with Crippen LogP contribution in [0, 0.1) is 0 Å². The molecule has 29 heavy (non-hydrogen) atoms. The van der Waals surface area contributed by atoms with Crippen molar-refractivity contribution in [1.29, 1.82) is 0 Å². The highest BCUT2D eigenvalue weighted by Crippen LogP contribution is 2.26. The van der Waals surface area contributed by atoms with Crippen LogP contribution in [0.15, 0.2) is 48.5 Å². The smallest absolute Gasteiger partial charge is 0.497 e. The van der Waals surface area contributed by atoms with Crippen molar-refractivity contribution in [2.75, 3.05) is 23.9 Å². The van der Waals surface area contributed by atoms with E-state index < -0.39 is 24.2 Å². The summed E-state index contributed by atoms with van der Waals surface area (Å²) < 4.78 is 45.4. The van der Waals surface area contributed by atoms with Gasteiger partial charge in [0.25, 0.3) is 0 Å². The zero-order chi connectivity index (χ0) is 21.0. The summed E-state index contributed by atoms with van der Waals surface area (Å²) in [7, 11) is 1.53. The van der Waals surface area contributed by atoms with Crippen LogP contribution in [-0.4, -0.2) is 38.0 Å². The minimum Gasteiger partial charge on any atom is -0.497 e. The molecule has 1 saturated heterocycles. The Bertz CT molecular complexity index is 887. The molecule has 2 N–H and O–H groups in total. The summed E-state index contributed by atoms with van der Waals surface area (Å²) in [6, 6.07) is 10.8. The number of hydrogen-bond acceptors (Lipinski definition) is 4. The zero-order valence-electron chi connectivity index (χ0n) is 15.3. The molecule has 2 aromatic rings. The Labute approximate surface area is 164 Å². The maximum Gasteiger partial charge on any atom is 0.573 e. The Hall–Kier alpha value is -3.43. The highest BCUT2D eigenvalue weighted by molar-refractivity contribution is 5.97. The molecule has 1 fully saturated rings. The van der Waals surface area contributed by atoms with Gasteiger partial charge in [-0.05, 0) is 36.4 Å². The van der Waals surface area contributed by atoms with Crippen molar-refractivity contribution in [2.24, 2.45) is 0 Å². The largest absolute Gasteiger partial charge is 0.573 e. The first-order chi connectivity index (χ1) is 13.7. The van der Waals surface area contributed by atoms with Crippen molar-refractivity contribution in [3.63, 3.8) is 0 Å². The first-order valence-corrected chi connectivity index (χ1v) is 8.61. The second-order valence-corrected chi connectivity index (χ2v) is 6.28. The number of carbonyl (C=O) groups is 2. The van der Waals surface area contributed by atoms with E-state index >= 15 is 0 Å². The van der Waals surface area contributed by atoms with E-state index in [2.05, 4.69) is 15.4 Å². The molecule has 0 aliphatic carbocycles. The van der Waals surface area contributed by atoms with Crippen LogP contribution < -0.4 is 25.0 Å². The minimum atomic E-state index is -4.78. The van der Waals surface area contributed by atoms with Gasteiger partial charge >= 0.3 is 12.4 Å². The third-order valence-electron chi connectivity index (χ3n) is 4.17. The van der Waals surface area contributed by atoms with Crippen LogP contribution >= 0.6 is 0 Å². The molecule has 3 rings (SSSR count). The molecule has 0 aromatic heterocycles. The number of anilines is 2. The molecule has 3 amide bonds. The lowest BCUT2D eigenvalue weighted by Crippen LogP contribution is -2.39. The van der Waals surface area contributed by atoms with Gasteiger partial charge in [0.15, 0.2) is 0 Å². The number of amides is 3. The van der Waals surface area contributed by atoms with Crippen LogP contribution in [0.3, 0.4) is 0 Å². The van der Waals surface area contributed by atoms with E-state index in [4.69, 9.17) is 4.74 Å². The molecule has 7 nitrogen and oxygen atoms in total. The molecule has 2 aromatic carbocycles. The molecule has 1 aliphatic heterocycles. The van der Waals surface area contributed by atoms with E-state index in [1.807, 2.05) is 0 Å². The third-order valence-corrected chi connectivity index (χ3v) is 4.17. The number of halogens is 3. The number of methoxy groups -OCH3 is 1. The Morgan fingerprint density at radius 3 is 2.52 bits per heavy atom. The molecule has 0 radical (unpaired) electrons. The number of benzene rings is 2. The summed E-state index contributed by atoms with van der Waals surface area (Å²) in [5.74, 6) is 0.0818. The van der Waals surface area contributed by atoms with Gasteiger partial charge in [-0.25, -0.2) is 4.79 Å². The first-order valence-electron chi connectivity index (χ1n) is 8.61. The van der Waals surface area contributed by atoms with Crippen LogP contribution in [-0.2, 0) is 4.79 Å². The van der Waals surface area contributed by atoms with E-state index in [0.29, 0.717) is 11.4 Å². The fraction of sp³-hybridized carbons (Fsp3) is 0.263. The molecule has 10 heteroatoms. The van der Waals surface area contributed by atoms with Gasteiger partial charge in [-0.1, -0.05) is 6.07 Å². The van der Waals surface area contributed by atoms with Gasteiger partial charge in [-0.3, -0.25) is 4.79 Å². The van der Waals surface area contributed by atoms with Crippen molar-refractivity contribution in [2.45, 2.75) is 18.8 Å². The van der Waals surface area contributed by atoms with E-state index in [9.17, 15) is 22.8 Å². The molecule has 0 spiro atoms. The molecular weight excluding hydrogens is 391 g/mol. The number of alkyl halides is 3.